The number of aryl methyl sites for hydroxylation is 1. The summed E-state index contributed by atoms with van der Waals surface area (Å²) in [5, 5.41) is 9.50. The molecule has 1 amide bonds. The van der Waals surface area contributed by atoms with Crippen molar-refractivity contribution in [3.63, 3.8) is 0 Å². The lowest BCUT2D eigenvalue weighted by molar-refractivity contribution is -0.117. The number of nitrogens with zero attached hydrogens (tertiary/aromatic N) is 3. The molecule has 1 fully saturated rings. The lowest BCUT2D eigenvalue weighted by Gasteiger charge is -2.14. The van der Waals surface area contributed by atoms with Gasteiger partial charge in [-0.1, -0.05) is 12.1 Å². The summed E-state index contributed by atoms with van der Waals surface area (Å²) in [4.78, 5) is 17.7. The largest absolute Gasteiger partial charge is 0.391 e. The molecule has 0 spiro atoms. The smallest absolute Gasteiger partial charge is 0.232 e. The highest BCUT2D eigenvalue weighted by Gasteiger charge is 2.31. The zero-order valence-electron chi connectivity index (χ0n) is 9.50. The number of fused-ring (bicyclic) bond motifs is 1. The fourth-order valence-electron chi connectivity index (χ4n) is 2.26. The van der Waals surface area contributed by atoms with Crippen LogP contribution in [0.3, 0.4) is 0 Å². The van der Waals surface area contributed by atoms with Crippen LogP contribution >= 0.6 is 0 Å². The number of carbonyl (C=O) groups is 1. The Balaban J connectivity index is 2.12. The van der Waals surface area contributed by atoms with Gasteiger partial charge < -0.3 is 9.67 Å². The minimum absolute atomic E-state index is 0.0732. The average Bonchev–Trinajstić information content (AvgIpc) is 2.80. The second kappa shape index (κ2) is 3.56. The maximum Gasteiger partial charge on any atom is 0.232 e. The van der Waals surface area contributed by atoms with Crippen LogP contribution in [0.1, 0.15) is 6.42 Å². The Morgan fingerprint density at radius 2 is 2.18 bits per heavy atom. The van der Waals surface area contributed by atoms with Crippen molar-refractivity contribution in [1.29, 1.82) is 0 Å². The van der Waals surface area contributed by atoms with Crippen LogP contribution in [0.5, 0.6) is 0 Å². The molecule has 1 unspecified atom stereocenters. The number of imidazole rings is 1. The third-order valence-corrected chi connectivity index (χ3v) is 3.11. The molecule has 0 saturated carbocycles. The van der Waals surface area contributed by atoms with Crippen LogP contribution in [0.2, 0.25) is 0 Å². The van der Waals surface area contributed by atoms with E-state index in [1.54, 1.807) is 4.90 Å². The molecule has 2 heterocycles. The number of hydrogen-bond donors (Lipinski definition) is 1. The van der Waals surface area contributed by atoms with E-state index in [2.05, 4.69) is 4.98 Å². The van der Waals surface area contributed by atoms with Gasteiger partial charge in [-0.15, -0.1) is 0 Å². The summed E-state index contributed by atoms with van der Waals surface area (Å²) in [7, 11) is 1.88. The number of para-hydroxylation sites is 2. The average molecular weight is 231 g/mol. The molecule has 0 radical (unpaired) electrons. The first kappa shape index (κ1) is 10.3. The minimum Gasteiger partial charge on any atom is -0.391 e. The topological polar surface area (TPSA) is 58.4 Å². The van der Waals surface area contributed by atoms with Gasteiger partial charge in [-0.3, -0.25) is 9.69 Å². The molecule has 2 aromatic rings. The number of rotatable bonds is 1. The van der Waals surface area contributed by atoms with Crippen molar-refractivity contribution in [3.05, 3.63) is 24.3 Å². The number of aliphatic hydroxyl groups excluding tert-OH is 1. The normalized spacial score (nSPS) is 20.5. The van der Waals surface area contributed by atoms with Crippen molar-refractivity contribution in [2.24, 2.45) is 7.05 Å². The van der Waals surface area contributed by atoms with Crippen molar-refractivity contribution >= 4 is 22.9 Å². The summed E-state index contributed by atoms with van der Waals surface area (Å²) >= 11 is 0. The highest BCUT2D eigenvalue weighted by Crippen LogP contribution is 2.24. The first-order valence-corrected chi connectivity index (χ1v) is 5.56. The maximum atomic E-state index is 11.7. The Bertz CT molecular complexity index is 590. The molecule has 1 aromatic carbocycles. The van der Waals surface area contributed by atoms with E-state index in [-0.39, 0.29) is 12.3 Å². The fourth-order valence-corrected chi connectivity index (χ4v) is 2.26. The molecule has 1 aromatic heterocycles. The van der Waals surface area contributed by atoms with E-state index in [4.69, 9.17) is 0 Å². The van der Waals surface area contributed by atoms with Crippen LogP contribution in [0, 0.1) is 0 Å². The van der Waals surface area contributed by atoms with Gasteiger partial charge in [0.05, 0.1) is 30.1 Å². The van der Waals surface area contributed by atoms with E-state index in [0.717, 1.165) is 11.0 Å². The van der Waals surface area contributed by atoms with E-state index < -0.39 is 6.10 Å². The van der Waals surface area contributed by atoms with E-state index in [1.807, 2.05) is 35.9 Å². The molecule has 1 aliphatic heterocycles. The molecular weight excluding hydrogens is 218 g/mol. The lowest BCUT2D eigenvalue weighted by Crippen LogP contribution is -2.27. The number of anilines is 1. The van der Waals surface area contributed by atoms with Crippen molar-refractivity contribution in [3.8, 4) is 0 Å². The zero-order valence-corrected chi connectivity index (χ0v) is 9.50. The zero-order chi connectivity index (χ0) is 12.0. The van der Waals surface area contributed by atoms with E-state index in [9.17, 15) is 9.90 Å². The Kier molecular flexibility index (Phi) is 2.16. The van der Waals surface area contributed by atoms with Crippen molar-refractivity contribution in [2.75, 3.05) is 11.4 Å². The minimum atomic E-state index is -0.581. The predicted molar refractivity (Wildman–Crippen MR) is 63.7 cm³/mol. The van der Waals surface area contributed by atoms with Gasteiger partial charge in [-0.2, -0.15) is 0 Å². The summed E-state index contributed by atoms with van der Waals surface area (Å²) < 4.78 is 1.88. The Morgan fingerprint density at radius 3 is 2.82 bits per heavy atom. The number of amides is 1. The van der Waals surface area contributed by atoms with Crippen molar-refractivity contribution in [1.82, 2.24) is 9.55 Å². The van der Waals surface area contributed by atoms with Crippen LogP contribution in [-0.2, 0) is 11.8 Å². The van der Waals surface area contributed by atoms with Crippen LogP contribution in [0.15, 0.2) is 24.3 Å². The van der Waals surface area contributed by atoms with Crippen LogP contribution in [0.4, 0.5) is 5.95 Å². The number of β-amino-alcohol motifs (C(OH)–C–C–N with tert-alkyl or cyclic N) is 1. The molecule has 0 aliphatic carbocycles. The van der Waals surface area contributed by atoms with Gasteiger partial charge in [0.2, 0.25) is 11.9 Å². The van der Waals surface area contributed by atoms with Crippen molar-refractivity contribution < 1.29 is 9.90 Å². The molecule has 17 heavy (non-hydrogen) atoms. The first-order valence-electron chi connectivity index (χ1n) is 5.56. The second-order valence-electron chi connectivity index (χ2n) is 4.32. The number of aromatic nitrogens is 2. The Morgan fingerprint density at radius 1 is 1.41 bits per heavy atom. The van der Waals surface area contributed by atoms with Gasteiger partial charge in [0, 0.05) is 7.05 Å². The maximum absolute atomic E-state index is 11.7. The first-order chi connectivity index (χ1) is 8.16. The fraction of sp³-hybridized carbons (Fsp3) is 0.333. The van der Waals surface area contributed by atoms with Gasteiger partial charge in [-0.05, 0) is 12.1 Å². The summed E-state index contributed by atoms with van der Waals surface area (Å²) in [6.07, 6.45) is -0.397. The molecule has 3 rings (SSSR count). The molecule has 5 nitrogen and oxygen atoms in total. The predicted octanol–water partition coefficient (Wildman–Crippen LogP) is 0.671. The summed E-state index contributed by atoms with van der Waals surface area (Å²) in [6, 6.07) is 7.73. The Hall–Kier alpha value is -1.88. The second-order valence-corrected chi connectivity index (χ2v) is 4.32. The lowest BCUT2D eigenvalue weighted by atomic mass is 10.3. The third kappa shape index (κ3) is 1.51. The molecule has 0 bridgehead atoms. The van der Waals surface area contributed by atoms with E-state index in [1.165, 1.54) is 0 Å². The van der Waals surface area contributed by atoms with E-state index >= 15 is 0 Å². The molecule has 88 valence electrons. The van der Waals surface area contributed by atoms with Crippen molar-refractivity contribution in [2.45, 2.75) is 12.5 Å². The van der Waals surface area contributed by atoms with Gasteiger partial charge in [0.25, 0.3) is 0 Å². The summed E-state index contributed by atoms with van der Waals surface area (Å²) in [5.74, 6) is 0.531. The molecule has 1 atom stereocenters. The molecule has 5 heteroatoms. The summed E-state index contributed by atoms with van der Waals surface area (Å²) in [5.41, 5.74) is 1.84. The van der Waals surface area contributed by atoms with Crippen LogP contribution in [0.25, 0.3) is 11.0 Å². The quantitative estimate of drug-likeness (QED) is 0.784. The van der Waals surface area contributed by atoms with E-state index in [0.29, 0.717) is 12.5 Å². The monoisotopic (exact) mass is 231 g/mol. The van der Waals surface area contributed by atoms with Gasteiger partial charge in [0.1, 0.15) is 0 Å². The summed E-state index contributed by atoms with van der Waals surface area (Å²) in [6.45, 7) is 0.329. The number of hydrogen-bond acceptors (Lipinski definition) is 3. The molecular formula is C12H13N3O2. The molecule has 1 aliphatic rings. The highest BCUT2D eigenvalue weighted by atomic mass is 16.3. The van der Waals surface area contributed by atoms with Gasteiger partial charge in [0.15, 0.2) is 0 Å². The standard InChI is InChI=1S/C12H13N3O2/c1-14-10-5-3-2-4-9(10)13-12(14)15-7-8(16)6-11(15)17/h2-5,8,16H,6-7H2,1H3. The SMILES string of the molecule is Cn1c(N2CC(O)CC2=O)nc2ccccc21. The number of aliphatic hydroxyl groups is 1. The molecule has 1 saturated heterocycles. The highest BCUT2D eigenvalue weighted by molar-refractivity contribution is 5.96. The van der Waals surface area contributed by atoms with Crippen LogP contribution in [-0.4, -0.2) is 33.2 Å². The van der Waals surface area contributed by atoms with Gasteiger partial charge >= 0.3 is 0 Å². The van der Waals surface area contributed by atoms with Crippen LogP contribution < -0.4 is 4.90 Å². The Labute approximate surface area is 98.3 Å². The number of benzene rings is 1. The van der Waals surface area contributed by atoms with Gasteiger partial charge in [-0.25, -0.2) is 4.98 Å². The number of carbonyl (C=O) groups excluding carboxylic acids is 1. The molecule has 1 N–H and O–H groups in total. The third-order valence-electron chi connectivity index (χ3n) is 3.11.